The summed E-state index contributed by atoms with van der Waals surface area (Å²) in [5.41, 5.74) is 0. The minimum Gasteiger partial charge on any atom is -0.393 e. The summed E-state index contributed by atoms with van der Waals surface area (Å²) >= 11 is 0. The second kappa shape index (κ2) is 7.63. The monoisotopic (exact) mass is 183 g/mol. The van der Waals surface area contributed by atoms with Gasteiger partial charge in [-0.3, -0.25) is 4.79 Å². The molecule has 3 heteroatoms. The Kier molecular flexibility index (Phi) is 7.04. The van der Waals surface area contributed by atoms with Gasteiger partial charge in [-0.1, -0.05) is 0 Å². The quantitative estimate of drug-likeness (QED) is 0.470. The molecule has 0 rings (SSSR count). The smallest absolute Gasteiger partial charge is 0.220 e. The number of carbonyl (C=O) groups is 1. The molecule has 0 aromatic heterocycles. The number of terminal acetylenes is 1. The standard InChI is InChI=1S/C10H17NO2/c1-3-4-5-8-11-10(13)7-6-9(2)12/h1,9,12H,4-8H2,2H3,(H,11,13). The van der Waals surface area contributed by atoms with Gasteiger partial charge in [0.25, 0.3) is 0 Å². The number of aliphatic hydroxyl groups is 1. The summed E-state index contributed by atoms with van der Waals surface area (Å²) < 4.78 is 0. The van der Waals surface area contributed by atoms with Crippen molar-refractivity contribution in [3.05, 3.63) is 0 Å². The highest BCUT2D eigenvalue weighted by atomic mass is 16.3. The Balaban J connectivity index is 3.26. The maximum Gasteiger partial charge on any atom is 0.220 e. The molecule has 74 valence electrons. The minimum atomic E-state index is -0.406. The Labute approximate surface area is 79.5 Å². The second-order valence-electron chi connectivity index (χ2n) is 3.05. The molecule has 0 spiro atoms. The van der Waals surface area contributed by atoms with Crippen LogP contribution in [0.5, 0.6) is 0 Å². The van der Waals surface area contributed by atoms with Crippen molar-refractivity contribution in [2.45, 2.75) is 38.7 Å². The second-order valence-corrected chi connectivity index (χ2v) is 3.05. The first kappa shape index (κ1) is 12.0. The number of hydrogen-bond donors (Lipinski definition) is 2. The molecule has 0 fully saturated rings. The predicted molar refractivity (Wildman–Crippen MR) is 52.0 cm³/mol. The highest BCUT2D eigenvalue weighted by Crippen LogP contribution is 1.95. The van der Waals surface area contributed by atoms with Crippen LogP contribution in [-0.4, -0.2) is 23.7 Å². The van der Waals surface area contributed by atoms with Crippen molar-refractivity contribution in [1.82, 2.24) is 5.32 Å². The average Bonchev–Trinajstić information content (AvgIpc) is 2.09. The molecule has 0 aromatic rings. The lowest BCUT2D eigenvalue weighted by atomic mass is 10.2. The van der Waals surface area contributed by atoms with Gasteiger partial charge in [0.1, 0.15) is 0 Å². The molecule has 0 aromatic carbocycles. The Bertz CT molecular complexity index is 182. The highest BCUT2D eigenvalue weighted by molar-refractivity contribution is 5.75. The van der Waals surface area contributed by atoms with Crippen molar-refractivity contribution < 1.29 is 9.90 Å². The third-order valence-electron chi connectivity index (χ3n) is 1.61. The van der Waals surface area contributed by atoms with E-state index in [2.05, 4.69) is 11.2 Å². The Morgan fingerprint density at radius 1 is 1.69 bits per heavy atom. The normalized spacial score (nSPS) is 11.8. The molecule has 0 radical (unpaired) electrons. The van der Waals surface area contributed by atoms with Gasteiger partial charge >= 0.3 is 0 Å². The summed E-state index contributed by atoms with van der Waals surface area (Å²) in [7, 11) is 0. The fourth-order valence-electron chi connectivity index (χ4n) is 0.847. The lowest BCUT2D eigenvalue weighted by molar-refractivity contribution is -0.121. The van der Waals surface area contributed by atoms with E-state index in [-0.39, 0.29) is 5.91 Å². The van der Waals surface area contributed by atoms with Crippen LogP contribution < -0.4 is 5.32 Å². The molecule has 13 heavy (non-hydrogen) atoms. The lowest BCUT2D eigenvalue weighted by Crippen LogP contribution is -2.24. The molecule has 0 aliphatic rings. The molecule has 0 bridgehead atoms. The lowest BCUT2D eigenvalue weighted by Gasteiger charge is -2.04. The average molecular weight is 183 g/mol. The molecule has 1 atom stereocenters. The van der Waals surface area contributed by atoms with Crippen molar-refractivity contribution in [3.8, 4) is 12.3 Å². The Morgan fingerprint density at radius 3 is 2.92 bits per heavy atom. The largest absolute Gasteiger partial charge is 0.393 e. The fraction of sp³-hybridized carbons (Fsp3) is 0.700. The predicted octanol–water partition coefficient (Wildman–Crippen LogP) is 0.677. The zero-order valence-corrected chi connectivity index (χ0v) is 8.05. The maximum absolute atomic E-state index is 11.0. The van der Waals surface area contributed by atoms with Crippen molar-refractivity contribution >= 4 is 5.91 Å². The van der Waals surface area contributed by atoms with Gasteiger partial charge in [-0.15, -0.1) is 12.3 Å². The number of carbonyl (C=O) groups excluding carboxylic acids is 1. The first-order valence-electron chi connectivity index (χ1n) is 4.55. The van der Waals surface area contributed by atoms with E-state index in [0.717, 1.165) is 6.42 Å². The van der Waals surface area contributed by atoms with E-state index in [0.29, 0.717) is 25.8 Å². The number of rotatable bonds is 6. The van der Waals surface area contributed by atoms with E-state index in [9.17, 15) is 4.79 Å². The number of amides is 1. The topological polar surface area (TPSA) is 49.3 Å². The van der Waals surface area contributed by atoms with E-state index < -0.39 is 6.10 Å². The van der Waals surface area contributed by atoms with Crippen molar-refractivity contribution in [1.29, 1.82) is 0 Å². The first-order chi connectivity index (χ1) is 6.16. The van der Waals surface area contributed by atoms with Crippen LogP contribution in [0.25, 0.3) is 0 Å². The van der Waals surface area contributed by atoms with Gasteiger partial charge in [0, 0.05) is 19.4 Å². The molecule has 0 aliphatic heterocycles. The van der Waals surface area contributed by atoms with Gasteiger partial charge < -0.3 is 10.4 Å². The molecule has 0 aliphatic carbocycles. The zero-order chi connectivity index (χ0) is 10.1. The van der Waals surface area contributed by atoms with Gasteiger partial charge in [-0.05, 0) is 19.8 Å². The molecular weight excluding hydrogens is 166 g/mol. The van der Waals surface area contributed by atoms with Crippen LogP contribution in [0.15, 0.2) is 0 Å². The molecular formula is C10H17NO2. The van der Waals surface area contributed by atoms with E-state index in [1.807, 2.05) is 0 Å². The minimum absolute atomic E-state index is 0.0158. The molecule has 0 saturated heterocycles. The molecule has 1 unspecified atom stereocenters. The summed E-state index contributed by atoms with van der Waals surface area (Å²) in [6.07, 6.45) is 7.05. The number of aliphatic hydroxyl groups excluding tert-OH is 1. The molecule has 0 heterocycles. The third-order valence-corrected chi connectivity index (χ3v) is 1.61. The van der Waals surface area contributed by atoms with E-state index in [1.54, 1.807) is 6.92 Å². The van der Waals surface area contributed by atoms with Crippen molar-refractivity contribution in [2.75, 3.05) is 6.54 Å². The summed E-state index contributed by atoms with van der Waals surface area (Å²) in [6, 6.07) is 0. The summed E-state index contributed by atoms with van der Waals surface area (Å²) in [6.45, 7) is 2.30. The number of nitrogens with one attached hydrogen (secondary N) is 1. The Morgan fingerprint density at radius 2 is 2.38 bits per heavy atom. The first-order valence-corrected chi connectivity index (χ1v) is 4.55. The van der Waals surface area contributed by atoms with Crippen molar-refractivity contribution in [3.63, 3.8) is 0 Å². The van der Waals surface area contributed by atoms with Gasteiger partial charge in [-0.25, -0.2) is 0 Å². The van der Waals surface area contributed by atoms with Crippen LogP contribution in [0.3, 0.4) is 0 Å². The molecule has 1 amide bonds. The number of unbranched alkanes of at least 4 members (excludes halogenated alkanes) is 1. The Hall–Kier alpha value is -1.01. The highest BCUT2D eigenvalue weighted by Gasteiger charge is 2.02. The van der Waals surface area contributed by atoms with Crippen LogP contribution in [0, 0.1) is 12.3 Å². The van der Waals surface area contributed by atoms with Gasteiger partial charge in [0.15, 0.2) is 0 Å². The van der Waals surface area contributed by atoms with Gasteiger partial charge in [0.05, 0.1) is 6.10 Å². The van der Waals surface area contributed by atoms with E-state index >= 15 is 0 Å². The van der Waals surface area contributed by atoms with Crippen LogP contribution in [0.4, 0.5) is 0 Å². The van der Waals surface area contributed by atoms with Crippen LogP contribution in [0.1, 0.15) is 32.6 Å². The number of hydrogen-bond acceptors (Lipinski definition) is 2. The third kappa shape index (κ3) is 8.90. The molecule has 2 N–H and O–H groups in total. The van der Waals surface area contributed by atoms with Crippen LogP contribution in [0.2, 0.25) is 0 Å². The maximum atomic E-state index is 11.0. The van der Waals surface area contributed by atoms with Crippen LogP contribution in [-0.2, 0) is 4.79 Å². The molecule has 0 saturated carbocycles. The van der Waals surface area contributed by atoms with Gasteiger partial charge in [-0.2, -0.15) is 0 Å². The zero-order valence-electron chi connectivity index (χ0n) is 8.05. The van der Waals surface area contributed by atoms with Gasteiger partial charge in [0.2, 0.25) is 5.91 Å². The summed E-state index contributed by atoms with van der Waals surface area (Å²) in [4.78, 5) is 11.0. The van der Waals surface area contributed by atoms with E-state index in [1.165, 1.54) is 0 Å². The van der Waals surface area contributed by atoms with Crippen molar-refractivity contribution in [2.24, 2.45) is 0 Å². The molecule has 3 nitrogen and oxygen atoms in total. The fourth-order valence-corrected chi connectivity index (χ4v) is 0.847. The summed E-state index contributed by atoms with van der Waals surface area (Å²) in [5.74, 6) is 2.48. The SMILES string of the molecule is C#CCCCNC(=O)CCC(C)O. The van der Waals surface area contributed by atoms with E-state index in [4.69, 9.17) is 11.5 Å². The summed E-state index contributed by atoms with van der Waals surface area (Å²) in [5, 5.41) is 11.6. The van der Waals surface area contributed by atoms with Crippen LogP contribution >= 0.6 is 0 Å².